The van der Waals surface area contributed by atoms with Crippen molar-refractivity contribution in [1.29, 1.82) is 0 Å². The molecule has 2 nitrogen and oxygen atoms in total. The van der Waals surface area contributed by atoms with Gasteiger partial charge in [0.15, 0.2) is 0 Å². The minimum absolute atomic E-state index is 0. The van der Waals surface area contributed by atoms with E-state index in [0.717, 1.165) is 23.2 Å². The van der Waals surface area contributed by atoms with Gasteiger partial charge in [-0.1, -0.05) is 44.0 Å². The smallest absolute Gasteiger partial charge is 0.125 e. The van der Waals surface area contributed by atoms with Crippen molar-refractivity contribution in [3.8, 4) is 11.1 Å². The summed E-state index contributed by atoms with van der Waals surface area (Å²) in [6.07, 6.45) is 9.23. The maximum absolute atomic E-state index is 4.26. The molecule has 1 fully saturated rings. The number of aryl methyl sites for hydroxylation is 1. The summed E-state index contributed by atoms with van der Waals surface area (Å²) in [4.78, 5) is 8.53. The number of rotatable bonds is 2. The Morgan fingerprint density at radius 3 is 2.10 bits per heavy atom. The van der Waals surface area contributed by atoms with Crippen LogP contribution in [0.15, 0.2) is 36.7 Å². The van der Waals surface area contributed by atoms with Crippen molar-refractivity contribution in [2.24, 2.45) is 5.92 Å². The standard InChI is InChI=1S/C18H22N2.H2/c1-13-3-5-15(6-4-13)16-7-9-17(10-8-16)18-11-19-14(2)20-12-18;/h7-13,15H,3-6H2,1-2H3;1H. The monoisotopic (exact) mass is 268 g/mol. The zero-order valence-corrected chi connectivity index (χ0v) is 12.3. The summed E-state index contributed by atoms with van der Waals surface area (Å²) in [7, 11) is 0. The molecule has 1 aliphatic carbocycles. The first-order valence-electron chi connectivity index (χ1n) is 7.61. The molecule has 0 bridgehead atoms. The van der Waals surface area contributed by atoms with Crippen molar-refractivity contribution in [2.45, 2.75) is 45.4 Å². The van der Waals surface area contributed by atoms with Crippen LogP contribution in [0, 0.1) is 12.8 Å². The molecule has 0 aliphatic heterocycles. The van der Waals surface area contributed by atoms with E-state index in [1.807, 2.05) is 19.3 Å². The molecule has 0 spiro atoms. The SMILES string of the molecule is Cc1ncc(-c2ccc(C3CCC(C)CC3)cc2)cn1.[HH]. The summed E-state index contributed by atoms with van der Waals surface area (Å²) in [6, 6.07) is 8.99. The van der Waals surface area contributed by atoms with Gasteiger partial charge >= 0.3 is 0 Å². The van der Waals surface area contributed by atoms with Crippen LogP contribution in [0.1, 0.15) is 51.3 Å². The highest BCUT2D eigenvalue weighted by molar-refractivity contribution is 5.61. The third-order valence-electron chi connectivity index (χ3n) is 4.51. The Bertz CT molecular complexity index is 555. The fraction of sp³-hybridized carbons (Fsp3) is 0.444. The Labute approximate surface area is 122 Å². The molecule has 2 aromatic rings. The topological polar surface area (TPSA) is 25.8 Å². The molecule has 0 saturated heterocycles. The van der Waals surface area contributed by atoms with Crippen molar-refractivity contribution in [2.75, 3.05) is 0 Å². The highest BCUT2D eigenvalue weighted by atomic mass is 14.8. The summed E-state index contributed by atoms with van der Waals surface area (Å²) in [5.74, 6) is 2.49. The third kappa shape index (κ3) is 2.90. The average molecular weight is 268 g/mol. The first kappa shape index (κ1) is 13.3. The zero-order valence-electron chi connectivity index (χ0n) is 12.3. The molecule has 1 saturated carbocycles. The van der Waals surface area contributed by atoms with E-state index in [2.05, 4.69) is 41.2 Å². The lowest BCUT2D eigenvalue weighted by Crippen LogP contribution is -2.10. The number of nitrogens with zero attached hydrogens (tertiary/aromatic N) is 2. The van der Waals surface area contributed by atoms with Crippen LogP contribution in [0.4, 0.5) is 0 Å². The second-order valence-corrected chi connectivity index (χ2v) is 6.10. The van der Waals surface area contributed by atoms with E-state index in [9.17, 15) is 0 Å². The molecule has 1 aromatic carbocycles. The van der Waals surface area contributed by atoms with Gasteiger partial charge in [0.25, 0.3) is 0 Å². The van der Waals surface area contributed by atoms with Crippen molar-refractivity contribution >= 4 is 0 Å². The summed E-state index contributed by atoms with van der Waals surface area (Å²) >= 11 is 0. The van der Waals surface area contributed by atoms with Gasteiger partial charge in [0.05, 0.1) is 0 Å². The van der Waals surface area contributed by atoms with Crippen LogP contribution in [-0.4, -0.2) is 9.97 Å². The Morgan fingerprint density at radius 2 is 1.50 bits per heavy atom. The predicted molar refractivity (Wildman–Crippen MR) is 84.7 cm³/mol. The molecule has 3 rings (SSSR count). The maximum Gasteiger partial charge on any atom is 0.125 e. The van der Waals surface area contributed by atoms with Gasteiger partial charge in [-0.15, -0.1) is 0 Å². The van der Waals surface area contributed by atoms with Crippen LogP contribution in [0.5, 0.6) is 0 Å². The fourth-order valence-corrected chi connectivity index (χ4v) is 3.08. The van der Waals surface area contributed by atoms with E-state index < -0.39 is 0 Å². The highest BCUT2D eigenvalue weighted by Gasteiger charge is 2.19. The van der Waals surface area contributed by atoms with Gasteiger partial charge in [-0.05, 0) is 42.7 Å². The largest absolute Gasteiger partial charge is 0.241 e. The quantitative estimate of drug-likeness (QED) is 0.766. The maximum atomic E-state index is 4.26. The lowest BCUT2D eigenvalue weighted by atomic mass is 9.79. The Kier molecular flexibility index (Phi) is 3.81. The predicted octanol–water partition coefficient (Wildman–Crippen LogP) is 4.99. The zero-order chi connectivity index (χ0) is 13.9. The molecular formula is C18H24N2. The molecule has 20 heavy (non-hydrogen) atoms. The number of benzene rings is 1. The minimum atomic E-state index is 0. The van der Waals surface area contributed by atoms with Crippen LogP contribution >= 0.6 is 0 Å². The van der Waals surface area contributed by atoms with Crippen LogP contribution in [-0.2, 0) is 0 Å². The molecule has 0 unspecified atom stereocenters. The van der Waals surface area contributed by atoms with Crippen LogP contribution in [0.25, 0.3) is 11.1 Å². The van der Waals surface area contributed by atoms with Gasteiger partial charge in [0, 0.05) is 19.4 Å². The molecule has 1 heterocycles. The van der Waals surface area contributed by atoms with Gasteiger partial charge in [-0.25, -0.2) is 9.97 Å². The van der Waals surface area contributed by atoms with E-state index in [1.165, 1.54) is 36.8 Å². The van der Waals surface area contributed by atoms with E-state index in [-0.39, 0.29) is 1.43 Å². The summed E-state index contributed by atoms with van der Waals surface area (Å²) in [6.45, 7) is 4.29. The minimum Gasteiger partial charge on any atom is -0.241 e. The van der Waals surface area contributed by atoms with Crippen LogP contribution < -0.4 is 0 Å². The van der Waals surface area contributed by atoms with Crippen LogP contribution in [0.3, 0.4) is 0 Å². The number of hydrogen-bond acceptors (Lipinski definition) is 2. The lowest BCUT2D eigenvalue weighted by Gasteiger charge is -2.26. The molecule has 2 heteroatoms. The Morgan fingerprint density at radius 1 is 0.900 bits per heavy atom. The normalized spacial score (nSPS) is 22.7. The van der Waals surface area contributed by atoms with E-state index in [0.29, 0.717) is 0 Å². The van der Waals surface area contributed by atoms with Gasteiger partial charge < -0.3 is 0 Å². The van der Waals surface area contributed by atoms with E-state index in [4.69, 9.17) is 0 Å². The molecule has 1 aliphatic rings. The third-order valence-corrected chi connectivity index (χ3v) is 4.51. The number of hydrogen-bond donors (Lipinski definition) is 0. The second kappa shape index (κ2) is 5.74. The van der Waals surface area contributed by atoms with Crippen molar-refractivity contribution in [3.63, 3.8) is 0 Å². The van der Waals surface area contributed by atoms with Crippen molar-refractivity contribution < 1.29 is 1.43 Å². The summed E-state index contributed by atoms with van der Waals surface area (Å²) in [5, 5.41) is 0. The Hall–Kier alpha value is -1.70. The van der Waals surface area contributed by atoms with Crippen molar-refractivity contribution in [1.82, 2.24) is 9.97 Å². The van der Waals surface area contributed by atoms with Crippen molar-refractivity contribution in [3.05, 3.63) is 48.0 Å². The number of aromatic nitrogens is 2. The Balaban J connectivity index is 0.00000161. The highest BCUT2D eigenvalue weighted by Crippen LogP contribution is 2.36. The van der Waals surface area contributed by atoms with E-state index in [1.54, 1.807) is 0 Å². The van der Waals surface area contributed by atoms with Gasteiger partial charge in [-0.2, -0.15) is 0 Å². The molecule has 0 amide bonds. The lowest BCUT2D eigenvalue weighted by molar-refractivity contribution is 0.348. The molecule has 1 aromatic heterocycles. The van der Waals surface area contributed by atoms with E-state index >= 15 is 0 Å². The van der Waals surface area contributed by atoms with Gasteiger partial charge in [-0.3, -0.25) is 0 Å². The first-order valence-corrected chi connectivity index (χ1v) is 7.61. The molecule has 0 radical (unpaired) electrons. The van der Waals surface area contributed by atoms with Gasteiger partial charge in [0.1, 0.15) is 5.82 Å². The average Bonchev–Trinajstić information content (AvgIpc) is 2.49. The fourth-order valence-electron chi connectivity index (χ4n) is 3.08. The molecule has 0 atom stereocenters. The first-order chi connectivity index (χ1) is 9.72. The molecular weight excluding hydrogens is 244 g/mol. The summed E-state index contributed by atoms with van der Waals surface area (Å²) in [5.41, 5.74) is 3.80. The summed E-state index contributed by atoms with van der Waals surface area (Å²) < 4.78 is 0. The molecule has 106 valence electrons. The second-order valence-electron chi connectivity index (χ2n) is 6.10. The van der Waals surface area contributed by atoms with Crippen LogP contribution in [0.2, 0.25) is 0 Å². The van der Waals surface area contributed by atoms with Gasteiger partial charge in [0.2, 0.25) is 0 Å². The molecule has 0 N–H and O–H groups in total.